The largest absolute Gasteiger partial charge is 0.371 e. The van der Waals surface area contributed by atoms with Gasteiger partial charge in [-0.25, -0.2) is 0 Å². The minimum absolute atomic E-state index is 0.0777. The van der Waals surface area contributed by atoms with Crippen molar-refractivity contribution in [3.05, 3.63) is 11.6 Å². The maximum atomic E-state index is 6.28. The van der Waals surface area contributed by atoms with Gasteiger partial charge in [0, 0.05) is 6.04 Å². The zero-order valence-electron chi connectivity index (χ0n) is 12.0. The summed E-state index contributed by atoms with van der Waals surface area (Å²) in [4.78, 5) is 0. The van der Waals surface area contributed by atoms with Crippen molar-refractivity contribution in [2.75, 3.05) is 0 Å². The summed E-state index contributed by atoms with van der Waals surface area (Å²) in [7, 11) is 0. The third-order valence-corrected chi connectivity index (χ3v) is 3.15. The van der Waals surface area contributed by atoms with Crippen molar-refractivity contribution in [2.45, 2.75) is 71.2 Å². The van der Waals surface area contributed by atoms with Crippen LogP contribution in [0.1, 0.15) is 64.3 Å². The number of hydrogen-bond acceptors (Lipinski definition) is 4. The average molecular weight is 252 g/mol. The normalized spacial score (nSPS) is 19.9. The second kappa shape index (κ2) is 4.63. The molecule has 1 heterocycles. The zero-order chi connectivity index (χ0) is 13.5. The number of nitrogens with zero attached hydrogens (tertiary/aromatic N) is 3. The molecule has 1 aliphatic rings. The highest BCUT2D eigenvalue weighted by molar-refractivity contribution is 5.06. The molecule has 18 heavy (non-hydrogen) atoms. The van der Waals surface area contributed by atoms with E-state index < -0.39 is 0 Å². The van der Waals surface area contributed by atoms with Gasteiger partial charge in [0.25, 0.3) is 0 Å². The fourth-order valence-electron chi connectivity index (χ4n) is 2.24. The molecule has 5 heteroatoms. The summed E-state index contributed by atoms with van der Waals surface area (Å²) in [6.45, 7) is 10.1. The second-order valence-electron chi connectivity index (χ2n) is 6.17. The average Bonchev–Trinajstić information content (AvgIpc) is 2.99. The number of nitrogens with two attached hydrogens (primary N) is 1. The first-order chi connectivity index (χ1) is 8.29. The molecule has 102 valence electrons. The maximum absolute atomic E-state index is 6.28. The molecule has 2 N–H and O–H groups in total. The summed E-state index contributed by atoms with van der Waals surface area (Å²) in [6.07, 6.45) is 2.33. The summed E-state index contributed by atoms with van der Waals surface area (Å²) in [5.41, 5.74) is 6.08. The van der Waals surface area contributed by atoms with Crippen molar-refractivity contribution in [2.24, 2.45) is 5.73 Å². The molecule has 0 radical (unpaired) electrons. The molecule has 2 atom stereocenters. The fraction of sp³-hybridized carbons (Fsp3) is 0.846. The number of rotatable bonds is 4. The summed E-state index contributed by atoms with van der Waals surface area (Å²) < 4.78 is 8.09. The molecular formula is C13H24N4O. The van der Waals surface area contributed by atoms with Gasteiger partial charge in [0.05, 0.1) is 17.7 Å². The van der Waals surface area contributed by atoms with Gasteiger partial charge in [0.2, 0.25) is 0 Å². The van der Waals surface area contributed by atoms with Crippen LogP contribution in [0, 0.1) is 6.92 Å². The van der Waals surface area contributed by atoms with Gasteiger partial charge in [-0.2, -0.15) is 0 Å². The van der Waals surface area contributed by atoms with Crippen LogP contribution < -0.4 is 5.73 Å². The van der Waals surface area contributed by atoms with Crippen LogP contribution in [0.25, 0.3) is 0 Å². The van der Waals surface area contributed by atoms with Crippen LogP contribution in [0.3, 0.4) is 0 Å². The van der Waals surface area contributed by atoms with Gasteiger partial charge in [-0.05, 0) is 47.5 Å². The standard InChI is InChI=1S/C13H24N4O/c1-8(18-13(3,4)5)11(14)12-16-15-9(2)17(12)10-6-7-10/h8,10-11H,6-7,14H2,1-5H3/t8-,11+/m1/s1. The van der Waals surface area contributed by atoms with Crippen LogP contribution in [0.2, 0.25) is 0 Å². The smallest absolute Gasteiger partial charge is 0.152 e. The molecule has 0 saturated heterocycles. The number of hydrogen-bond donors (Lipinski definition) is 1. The van der Waals surface area contributed by atoms with E-state index in [0.717, 1.165) is 11.6 Å². The molecule has 2 rings (SSSR count). The van der Waals surface area contributed by atoms with E-state index in [1.54, 1.807) is 0 Å². The first kappa shape index (κ1) is 13.5. The molecule has 1 fully saturated rings. The van der Waals surface area contributed by atoms with Crippen LogP contribution in [0.4, 0.5) is 0 Å². The van der Waals surface area contributed by atoms with E-state index in [4.69, 9.17) is 10.5 Å². The number of ether oxygens (including phenoxy) is 1. The van der Waals surface area contributed by atoms with Crippen molar-refractivity contribution in [3.8, 4) is 0 Å². The zero-order valence-corrected chi connectivity index (χ0v) is 12.0. The van der Waals surface area contributed by atoms with Gasteiger partial charge in [0.15, 0.2) is 5.82 Å². The lowest BCUT2D eigenvalue weighted by Crippen LogP contribution is -2.35. The molecule has 1 saturated carbocycles. The molecule has 5 nitrogen and oxygen atoms in total. The van der Waals surface area contributed by atoms with Gasteiger partial charge in [-0.1, -0.05) is 0 Å². The minimum Gasteiger partial charge on any atom is -0.371 e. The quantitative estimate of drug-likeness (QED) is 0.891. The Bertz CT molecular complexity index is 417. The van der Waals surface area contributed by atoms with Gasteiger partial charge in [0.1, 0.15) is 5.82 Å². The Labute approximate surface area is 109 Å². The van der Waals surface area contributed by atoms with E-state index in [0.29, 0.717) is 6.04 Å². The Hall–Kier alpha value is -0.940. The Balaban J connectivity index is 2.15. The fourth-order valence-corrected chi connectivity index (χ4v) is 2.24. The summed E-state index contributed by atoms with van der Waals surface area (Å²) >= 11 is 0. The predicted octanol–water partition coefficient (Wildman–Crippen LogP) is 2.12. The van der Waals surface area contributed by atoms with Crippen molar-refractivity contribution in [1.29, 1.82) is 0 Å². The summed E-state index contributed by atoms with van der Waals surface area (Å²) in [6, 6.07) is 0.314. The molecule has 0 unspecified atom stereocenters. The minimum atomic E-state index is -0.231. The highest BCUT2D eigenvalue weighted by atomic mass is 16.5. The van der Waals surface area contributed by atoms with Gasteiger partial charge < -0.3 is 15.0 Å². The highest BCUT2D eigenvalue weighted by Crippen LogP contribution is 2.37. The van der Waals surface area contributed by atoms with Crippen molar-refractivity contribution < 1.29 is 4.74 Å². The molecule has 0 amide bonds. The second-order valence-corrected chi connectivity index (χ2v) is 6.17. The first-order valence-corrected chi connectivity index (χ1v) is 6.64. The first-order valence-electron chi connectivity index (χ1n) is 6.64. The topological polar surface area (TPSA) is 66.0 Å². The monoisotopic (exact) mass is 252 g/mol. The van der Waals surface area contributed by atoms with E-state index in [1.807, 2.05) is 34.6 Å². The molecule has 0 bridgehead atoms. The van der Waals surface area contributed by atoms with Crippen molar-refractivity contribution in [1.82, 2.24) is 14.8 Å². The van der Waals surface area contributed by atoms with Gasteiger partial charge in [-0.3, -0.25) is 0 Å². The number of aromatic nitrogens is 3. The third kappa shape index (κ3) is 2.90. The van der Waals surface area contributed by atoms with Crippen LogP contribution in [-0.4, -0.2) is 26.5 Å². The molecule has 0 spiro atoms. The number of aryl methyl sites for hydroxylation is 1. The lowest BCUT2D eigenvalue weighted by Gasteiger charge is -2.28. The van der Waals surface area contributed by atoms with Gasteiger partial charge >= 0.3 is 0 Å². The predicted molar refractivity (Wildman–Crippen MR) is 70.3 cm³/mol. The summed E-state index contributed by atoms with van der Waals surface area (Å²) in [5, 5.41) is 8.39. The van der Waals surface area contributed by atoms with Crippen LogP contribution >= 0.6 is 0 Å². The Kier molecular flexibility index (Phi) is 3.47. The summed E-state index contributed by atoms with van der Waals surface area (Å²) in [5.74, 6) is 1.80. The Morgan fingerprint density at radius 2 is 1.94 bits per heavy atom. The van der Waals surface area contributed by atoms with E-state index >= 15 is 0 Å². The van der Waals surface area contributed by atoms with E-state index in [9.17, 15) is 0 Å². The van der Waals surface area contributed by atoms with Crippen molar-refractivity contribution in [3.63, 3.8) is 0 Å². The van der Waals surface area contributed by atoms with Gasteiger partial charge in [-0.15, -0.1) is 10.2 Å². The third-order valence-electron chi connectivity index (χ3n) is 3.15. The Morgan fingerprint density at radius 3 is 2.44 bits per heavy atom. The molecule has 0 aliphatic heterocycles. The van der Waals surface area contributed by atoms with Crippen LogP contribution in [-0.2, 0) is 4.74 Å². The highest BCUT2D eigenvalue weighted by Gasteiger charge is 2.32. The van der Waals surface area contributed by atoms with Crippen molar-refractivity contribution >= 4 is 0 Å². The SMILES string of the molecule is Cc1nnc([C@@H](N)[C@@H](C)OC(C)(C)C)n1C1CC1. The molecular weight excluding hydrogens is 228 g/mol. The Morgan fingerprint density at radius 1 is 1.33 bits per heavy atom. The molecule has 1 aliphatic carbocycles. The van der Waals surface area contributed by atoms with Crippen LogP contribution in [0.5, 0.6) is 0 Å². The molecule has 1 aromatic heterocycles. The van der Waals surface area contributed by atoms with E-state index in [-0.39, 0.29) is 17.7 Å². The van der Waals surface area contributed by atoms with Crippen LogP contribution in [0.15, 0.2) is 0 Å². The lowest BCUT2D eigenvalue weighted by molar-refractivity contribution is -0.0631. The van der Waals surface area contributed by atoms with E-state index in [2.05, 4.69) is 14.8 Å². The van der Waals surface area contributed by atoms with E-state index in [1.165, 1.54) is 12.8 Å². The maximum Gasteiger partial charge on any atom is 0.152 e. The molecule has 1 aromatic rings. The lowest BCUT2D eigenvalue weighted by atomic mass is 10.1. The molecule has 0 aromatic carbocycles.